The number of benzene rings is 2. The van der Waals surface area contributed by atoms with Crippen molar-refractivity contribution in [3.8, 4) is 0 Å². The van der Waals surface area contributed by atoms with E-state index in [-0.39, 0.29) is 5.82 Å². The van der Waals surface area contributed by atoms with Crippen LogP contribution in [-0.4, -0.2) is 0 Å². The fraction of sp³-hybridized carbons (Fsp3) is 0.143. The number of hydrogen-bond acceptors (Lipinski definition) is 1. The van der Waals surface area contributed by atoms with E-state index in [1.165, 1.54) is 12.1 Å². The van der Waals surface area contributed by atoms with Gasteiger partial charge in [-0.15, -0.1) is 0 Å². The molecular formula is C14H12ClFO. The van der Waals surface area contributed by atoms with Crippen LogP contribution in [0.2, 0.25) is 0 Å². The van der Waals surface area contributed by atoms with Gasteiger partial charge in [0.1, 0.15) is 5.82 Å². The second-order valence-electron chi connectivity index (χ2n) is 3.67. The summed E-state index contributed by atoms with van der Waals surface area (Å²) in [4.78, 5) is 0. The van der Waals surface area contributed by atoms with Crippen molar-refractivity contribution >= 4 is 11.6 Å². The highest BCUT2D eigenvalue weighted by molar-refractivity contribution is 6.19. The number of ether oxygens (including phenoxy) is 1. The Labute approximate surface area is 105 Å². The van der Waals surface area contributed by atoms with Gasteiger partial charge in [0.25, 0.3) is 0 Å². The second kappa shape index (κ2) is 5.80. The lowest BCUT2D eigenvalue weighted by molar-refractivity contribution is 0.0941. The summed E-state index contributed by atoms with van der Waals surface area (Å²) in [7, 11) is 0. The van der Waals surface area contributed by atoms with Crippen molar-refractivity contribution in [2.45, 2.75) is 12.2 Å². The zero-order valence-corrected chi connectivity index (χ0v) is 9.90. The number of hydrogen-bond donors (Lipinski definition) is 0. The molecule has 1 atom stereocenters. The van der Waals surface area contributed by atoms with E-state index in [4.69, 9.17) is 16.3 Å². The van der Waals surface area contributed by atoms with Gasteiger partial charge in [0, 0.05) is 0 Å². The maximum absolute atomic E-state index is 13.0. The van der Waals surface area contributed by atoms with Crippen LogP contribution in [0.3, 0.4) is 0 Å². The first-order valence-corrected chi connectivity index (χ1v) is 5.74. The highest BCUT2D eigenvalue weighted by Gasteiger charge is 2.08. The molecule has 0 heterocycles. The average Bonchev–Trinajstić information content (AvgIpc) is 2.37. The Morgan fingerprint density at radius 3 is 2.53 bits per heavy atom. The summed E-state index contributed by atoms with van der Waals surface area (Å²) in [6, 6.07) is 15.8. The van der Waals surface area contributed by atoms with Crippen LogP contribution in [-0.2, 0) is 11.3 Å². The number of rotatable bonds is 4. The van der Waals surface area contributed by atoms with E-state index in [0.717, 1.165) is 5.56 Å². The molecule has 88 valence electrons. The third kappa shape index (κ3) is 3.55. The maximum Gasteiger partial charge on any atom is 0.157 e. The highest BCUT2D eigenvalue weighted by Crippen LogP contribution is 2.23. The molecule has 1 unspecified atom stereocenters. The standard InChI is InChI=1S/C14H12ClFO/c15-14(12-7-4-8-13(16)9-12)17-10-11-5-2-1-3-6-11/h1-9,14H,10H2. The molecule has 0 amide bonds. The third-order valence-electron chi connectivity index (χ3n) is 2.35. The summed E-state index contributed by atoms with van der Waals surface area (Å²) >= 11 is 6.04. The summed E-state index contributed by atoms with van der Waals surface area (Å²) < 4.78 is 18.4. The topological polar surface area (TPSA) is 9.23 Å². The van der Waals surface area contributed by atoms with Crippen molar-refractivity contribution in [2.24, 2.45) is 0 Å². The van der Waals surface area contributed by atoms with E-state index < -0.39 is 5.56 Å². The predicted octanol–water partition coefficient (Wildman–Crippen LogP) is 4.28. The van der Waals surface area contributed by atoms with Crippen molar-refractivity contribution in [3.63, 3.8) is 0 Å². The molecule has 17 heavy (non-hydrogen) atoms. The minimum absolute atomic E-state index is 0.309. The molecule has 0 bridgehead atoms. The number of alkyl halides is 1. The summed E-state index contributed by atoms with van der Waals surface area (Å²) in [5.41, 5.74) is 1.03. The van der Waals surface area contributed by atoms with Gasteiger partial charge in [0.15, 0.2) is 5.56 Å². The summed E-state index contributed by atoms with van der Waals surface area (Å²) in [6.07, 6.45) is 0. The minimum Gasteiger partial charge on any atom is -0.354 e. The van der Waals surface area contributed by atoms with Crippen molar-refractivity contribution in [1.29, 1.82) is 0 Å². The normalized spacial score (nSPS) is 12.4. The van der Waals surface area contributed by atoms with Crippen LogP contribution in [0.15, 0.2) is 54.6 Å². The van der Waals surface area contributed by atoms with Gasteiger partial charge in [-0.2, -0.15) is 0 Å². The molecule has 0 fully saturated rings. The summed E-state index contributed by atoms with van der Waals surface area (Å²) in [6.45, 7) is 0.408. The zero-order valence-electron chi connectivity index (χ0n) is 9.14. The Kier molecular flexibility index (Phi) is 4.13. The molecule has 0 saturated carbocycles. The van der Waals surface area contributed by atoms with E-state index in [1.807, 2.05) is 30.3 Å². The minimum atomic E-state index is -0.633. The van der Waals surface area contributed by atoms with Crippen LogP contribution >= 0.6 is 11.6 Å². The maximum atomic E-state index is 13.0. The Balaban J connectivity index is 1.96. The van der Waals surface area contributed by atoms with Gasteiger partial charge in [0.2, 0.25) is 0 Å². The molecule has 0 aromatic heterocycles. The summed E-state index contributed by atoms with van der Waals surface area (Å²) in [5.74, 6) is -0.309. The first kappa shape index (κ1) is 12.1. The number of halogens is 2. The molecule has 2 rings (SSSR count). The lowest BCUT2D eigenvalue weighted by Crippen LogP contribution is -1.98. The van der Waals surface area contributed by atoms with Crippen LogP contribution in [0, 0.1) is 5.82 Å². The SMILES string of the molecule is Fc1cccc(C(Cl)OCc2ccccc2)c1. The molecule has 0 N–H and O–H groups in total. The molecule has 0 spiro atoms. The quantitative estimate of drug-likeness (QED) is 0.736. The smallest absolute Gasteiger partial charge is 0.157 e. The van der Waals surface area contributed by atoms with Crippen LogP contribution in [0.1, 0.15) is 16.7 Å². The molecule has 2 aromatic carbocycles. The molecule has 0 aliphatic rings. The first-order chi connectivity index (χ1) is 8.25. The molecule has 1 nitrogen and oxygen atoms in total. The lowest BCUT2D eigenvalue weighted by Gasteiger charge is -2.11. The van der Waals surface area contributed by atoms with E-state index in [9.17, 15) is 4.39 Å². The van der Waals surface area contributed by atoms with Crippen LogP contribution in [0.4, 0.5) is 4.39 Å². The molecule has 0 saturated heterocycles. The largest absolute Gasteiger partial charge is 0.354 e. The van der Waals surface area contributed by atoms with Gasteiger partial charge in [-0.25, -0.2) is 4.39 Å². The molecule has 0 aliphatic carbocycles. The fourth-order valence-electron chi connectivity index (χ4n) is 1.49. The fourth-order valence-corrected chi connectivity index (χ4v) is 1.69. The van der Waals surface area contributed by atoms with Gasteiger partial charge < -0.3 is 4.74 Å². The van der Waals surface area contributed by atoms with E-state index >= 15 is 0 Å². The second-order valence-corrected chi connectivity index (χ2v) is 4.06. The van der Waals surface area contributed by atoms with E-state index in [0.29, 0.717) is 12.2 Å². The van der Waals surface area contributed by atoms with Crippen LogP contribution in [0.25, 0.3) is 0 Å². The van der Waals surface area contributed by atoms with Gasteiger partial charge in [0.05, 0.1) is 6.61 Å². The Bertz CT molecular complexity index is 473. The molecule has 3 heteroatoms. The van der Waals surface area contributed by atoms with E-state index in [1.54, 1.807) is 12.1 Å². The van der Waals surface area contributed by atoms with Crippen molar-refractivity contribution < 1.29 is 9.13 Å². The predicted molar refractivity (Wildman–Crippen MR) is 66.2 cm³/mol. The van der Waals surface area contributed by atoms with Crippen LogP contribution < -0.4 is 0 Å². The van der Waals surface area contributed by atoms with E-state index in [2.05, 4.69) is 0 Å². The molecule has 0 radical (unpaired) electrons. The van der Waals surface area contributed by atoms with Gasteiger partial charge in [-0.05, 0) is 23.3 Å². The average molecular weight is 251 g/mol. The van der Waals surface area contributed by atoms with Gasteiger partial charge >= 0.3 is 0 Å². The van der Waals surface area contributed by atoms with Gasteiger partial charge in [-0.1, -0.05) is 54.1 Å². The molecular weight excluding hydrogens is 239 g/mol. The lowest BCUT2D eigenvalue weighted by atomic mass is 10.2. The zero-order chi connectivity index (χ0) is 12.1. The monoisotopic (exact) mass is 250 g/mol. The Morgan fingerprint density at radius 2 is 1.82 bits per heavy atom. The van der Waals surface area contributed by atoms with Crippen molar-refractivity contribution in [2.75, 3.05) is 0 Å². The van der Waals surface area contributed by atoms with Gasteiger partial charge in [-0.3, -0.25) is 0 Å². The van der Waals surface area contributed by atoms with Crippen LogP contribution in [0.5, 0.6) is 0 Å². The summed E-state index contributed by atoms with van der Waals surface area (Å²) in [5, 5.41) is 0. The molecule has 0 aliphatic heterocycles. The van der Waals surface area contributed by atoms with Crippen molar-refractivity contribution in [1.82, 2.24) is 0 Å². The Hall–Kier alpha value is -1.38. The highest BCUT2D eigenvalue weighted by atomic mass is 35.5. The third-order valence-corrected chi connectivity index (χ3v) is 2.73. The first-order valence-electron chi connectivity index (χ1n) is 5.31. The molecule has 2 aromatic rings. The Morgan fingerprint density at radius 1 is 1.06 bits per heavy atom. The van der Waals surface area contributed by atoms with Crippen molar-refractivity contribution in [3.05, 3.63) is 71.5 Å².